The van der Waals surface area contributed by atoms with Crippen molar-refractivity contribution >= 4 is 29.5 Å². The van der Waals surface area contributed by atoms with Crippen molar-refractivity contribution in [1.29, 1.82) is 0 Å². The van der Waals surface area contributed by atoms with Crippen molar-refractivity contribution in [3.05, 3.63) is 35.9 Å². The van der Waals surface area contributed by atoms with Gasteiger partial charge in [-0.2, -0.15) is 0 Å². The fourth-order valence-electron chi connectivity index (χ4n) is 3.17. The van der Waals surface area contributed by atoms with Gasteiger partial charge >= 0.3 is 5.97 Å². The molecule has 1 fully saturated rings. The second-order valence-electron chi connectivity index (χ2n) is 6.79. The summed E-state index contributed by atoms with van der Waals surface area (Å²) in [5, 5.41) is 10.5. The van der Waals surface area contributed by atoms with Gasteiger partial charge in [-0.3, -0.25) is 4.79 Å². The maximum Gasteiger partial charge on any atom is 0.308 e. The van der Waals surface area contributed by atoms with Gasteiger partial charge in [0.1, 0.15) is 0 Å². The molecule has 0 aliphatic carbocycles. The number of methoxy groups -OCH3 is 1. The Labute approximate surface area is 165 Å². The van der Waals surface area contributed by atoms with E-state index >= 15 is 0 Å². The summed E-state index contributed by atoms with van der Waals surface area (Å²) in [5.41, 5.74) is 1.11. The zero-order valence-electron chi connectivity index (χ0n) is 15.8. The molecular formula is C20H30O4S2. The van der Waals surface area contributed by atoms with Gasteiger partial charge in [0.05, 0.1) is 36.9 Å². The molecule has 1 aliphatic heterocycles. The number of hydrogen-bond acceptors (Lipinski definition) is 6. The highest BCUT2D eigenvalue weighted by Crippen LogP contribution is 2.40. The molecule has 2 rings (SSSR count). The number of aliphatic hydroxyl groups excluding tert-OH is 1. The molecule has 1 aromatic rings. The Hall–Kier alpha value is -0.690. The largest absolute Gasteiger partial charge is 0.469 e. The van der Waals surface area contributed by atoms with E-state index in [1.807, 2.05) is 60.8 Å². The number of hydrogen-bond donors (Lipinski definition) is 1. The second-order valence-corrected chi connectivity index (χ2v) is 9.59. The lowest BCUT2D eigenvalue weighted by molar-refractivity contribution is -0.145. The number of rotatable bonds is 9. The number of benzene rings is 1. The molecule has 6 heteroatoms. The quantitative estimate of drug-likeness (QED) is 0.636. The predicted octanol–water partition coefficient (Wildman–Crippen LogP) is 3.96. The van der Waals surface area contributed by atoms with Crippen LogP contribution in [-0.2, 0) is 20.9 Å². The van der Waals surface area contributed by atoms with E-state index in [1.165, 1.54) is 25.0 Å². The first-order chi connectivity index (χ1) is 12.5. The van der Waals surface area contributed by atoms with Crippen LogP contribution in [0.15, 0.2) is 30.3 Å². The van der Waals surface area contributed by atoms with Crippen molar-refractivity contribution in [2.24, 2.45) is 11.8 Å². The normalized spacial score (nSPS) is 20.2. The SMILES string of the molecule is COC(=O)C[C@H](O)C(C)[C@@H](OCc1ccccc1)[C@@H](C)C1SCCCS1. The molecule has 0 saturated carbocycles. The molecule has 4 atom stereocenters. The summed E-state index contributed by atoms with van der Waals surface area (Å²) < 4.78 is 11.5. The van der Waals surface area contributed by atoms with Gasteiger partial charge in [-0.1, -0.05) is 44.2 Å². The Kier molecular flexibility index (Phi) is 9.33. The third-order valence-electron chi connectivity index (χ3n) is 4.81. The standard InChI is InChI=1S/C20H30O4S2/c1-14(17(21)12-18(22)23-3)19(15(2)20-25-10-7-11-26-20)24-13-16-8-5-4-6-9-16/h4-6,8-9,14-15,17,19-21H,7,10-13H2,1-3H3/t14?,15-,17+,19-/m1/s1. The van der Waals surface area contributed by atoms with Crippen molar-refractivity contribution in [2.45, 2.75) is 50.1 Å². The van der Waals surface area contributed by atoms with Crippen LogP contribution in [-0.4, -0.2) is 46.5 Å². The Morgan fingerprint density at radius 2 is 1.88 bits per heavy atom. The van der Waals surface area contributed by atoms with Gasteiger partial charge in [-0.05, 0) is 23.5 Å². The Bertz CT molecular complexity index is 534. The minimum Gasteiger partial charge on any atom is -0.469 e. The van der Waals surface area contributed by atoms with Crippen LogP contribution in [0.25, 0.3) is 0 Å². The molecule has 0 radical (unpaired) electrons. The van der Waals surface area contributed by atoms with Crippen molar-refractivity contribution in [3.63, 3.8) is 0 Å². The van der Waals surface area contributed by atoms with E-state index in [2.05, 4.69) is 6.92 Å². The van der Waals surface area contributed by atoms with Crippen LogP contribution in [0, 0.1) is 11.8 Å². The van der Waals surface area contributed by atoms with Crippen molar-refractivity contribution in [2.75, 3.05) is 18.6 Å². The molecule has 146 valence electrons. The molecule has 1 heterocycles. The number of thioether (sulfide) groups is 2. The molecule has 1 unspecified atom stereocenters. The summed E-state index contributed by atoms with van der Waals surface area (Å²) in [6.45, 7) is 4.68. The molecular weight excluding hydrogens is 368 g/mol. The minimum absolute atomic E-state index is 0.000532. The van der Waals surface area contributed by atoms with Gasteiger partial charge in [0.25, 0.3) is 0 Å². The minimum atomic E-state index is -0.774. The van der Waals surface area contributed by atoms with Crippen LogP contribution >= 0.6 is 23.5 Å². The lowest BCUT2D eigenvalue weighted by Crippen LogP contribution is -2.40. The van der Waals surface area contributed by atoms with E-state index < -0.39 is 6.10 Å². The van der Waals surface area contributed by atoms with E-state index in [9.17, 15) is 9.90 Å². The lowest BCUT2D eigenvalue weighted by atomic mass is 9.88. The molecule has 0 bridgehead atoms. The topological polar surface area (TPSA) is 55.8 Å². The zero-order valence-corrected chi connectivity index (χ0v) is 17.4. The smallest absolute Gasteiger partial charge is 0.308 e. The first kappa shape index (κ1) is 21.6. The fourth-order valence-corrected chi connectivity index (χ4v) is 6.32. The van der Waals surface area contributed by atoms with Crippen LogP contribution in [0.3, 0.4) is 0 Å². The molecule has 0 spiro atoms. The molecule has 4 nitrogen and oxygen atoms in total. The summed E-state index contributed by atoms with van der Waals surface area (Å²) in [5.74, 6) is 2.08. The molecule has 26 heavy (non-hydrogen) atoms. The highest BCUT2D eigenvalue weighted by Gasteiger charge is 2.36. The zero-order chi connectivity index (χ0) is 18.9. The Balaban J connectivity index is 2.06. The Morgan fingerprint density at radius 3 is 2.50 bits per heavy atom. The highest BCUT2D eigenvalue weighted by atomic mass is 32.2. The summed E-state index contributed by atoms with van der Waals surface area (Å²) in [7, 11) is 1.35. The van der Waals surface area contributed by atoms with Gasteiger partial charge in [-0.15, -0.1) is 23.5 Å². The van der Waals surface area contributed by atoms with Crippen molar-refractivity contribution in [1.82, 2.24) is 0 Å². The molecule has 1 aliphatic rings. The number of aliphatic hydroxyl groups is 1. The van der Waals surface area contributed by atoms with E-state index in [0.717, 1.165) is 5.56 Å². The predicted molar refractivity (Wildman–Crippen MR) is 109 cm³/mol. The van der Waals surface area contributed by atoms with Gasteiger partial charge in [0.2, 0.25) is 0 Å². The first-order valence-electron chi connectivity index (χ1n) is 9.16. The summed E-state index contributed by atoms with van der Waals surface area (Å²) >= 11 is 3.96. The van der Waals surface area contributed by atoms with Gasteiger partial charge in [0.15, 0.2) is 0 Å². The maximum absolute atomic E-state index is 11.6. The van der Waals surface area contributed by atoms with E-state index in [-0.39, 0.29) is 30.3 Å². The number of esters is 1. The van der Waals surface area contributed by atoms with Crippen molar-refractivity contribution in [3.8, 4) is 0 Å². The average molecular weight is 399 g/mol. The first-order valence-corrected chi connectivity index (χ1v) is 11.3. The summed E-state index contributed by atoms with van der Waals surface area (Å²) in [4.78, 5) is 11.6. The van der Waals surface area contributed by atoms with Gasteiger partial charge in [-0.25, -0.2) is 0 Å². The van der Waals surface area contributed by atoms with Crippen LogP contribution in [0.2, 0.25) is 0 Å². The van der Waals surface area contributed by atoms with Crippen molar-refractivity contribution < 1.29 is 19.4 Å². The fraction of sp³-hybridized carbons (Fsp3) is 0.650. The van der Waals surface area contributed by atoms with Gasteiger partial charge in [0, 0.05) is 11.8 Å². The van der Waals surface area contributed by atoms with Crippen LogP contribution in [0.1, 0.15) is 32.3 Å². The lowest BCUT2D eigenvalue weighted by Gasteiger charge is -2.37. The molecule has 0 amide bonds. The third kappa shape index (κ3) is 6.48. The molecule has 1 saturated heterocycles. The number of carbonyl (C=O) groups is 1. The molecule has 1 aromatic carbocycles. The monoisotopic (exact) mass is 398 g/mol. The number of ether oxygens (including phenoxy) is 2. The molecule has 1 N–H and O–H groups in total. The highest BCUT2D eigenvalue weighted by molar-refractivity contribution is 8.17. The van der Waals surface area contributed by atoms with E-state index in [1.54, 1.807) is 0 Å². The van der Waals surface area contributed by atoms with E-state index in [0.29, 0.717) is 11.2 Å². The number of carbonyl (C=O) groups excluding carboxylic acids is 1. The summed E-state index contributed by atoms with van der Waals surface area (Å²) in [6, 6.07) is 10.1. The average Bonchev–Trinajstić information content (AvgIpc) is 2.69. The van der Waals surface area contributed by atoms with Crippen LogP contribution in [0.4, 0.5) is 0 Å². The molecule has 0 aromatic heterocycles. The van der Waals surface area contributed by atoms with Gasteiger partial charge < -0.3 is 14.6 Å². The second kappa shape index (κ2) is 11.2. The Morgan fingerprint density at radius 1 is 1.23 bits per heavy atom. The van der Waals surface area contributed by atoms with Crippen LogP contribution in [0.5, 0.6) is 0 Å². The van der Waals surface area contributed by atoms with E-state index in [4.69, 9.17) is 9.47 Å². The third-order valence-corrected chi connectivity index (χ3v) is 8.20. The maximum atomic E-state index is 11.6. The van der Waals surface area contributed by atoms with Crippen LogP contribution < -0.4 is 0 Å². The summed E-state index contributed by atoms with van der Waals surface area (Å²) in [6.07, 6.45) is 0.344.